The predicted molar refractivity (Wildman–Crippen MR) is 72.5 cm³/mol. The minimum atomic E-state index is -0.276. The highest BCUT2D eigenvalue weighted by Gasteiger charge is 2.09. The summed E-state index contributed by atoms with van der Waals surface area (Å²) >= 11 is 0. The van der Waals surface area contributed by atoms with Crippen LogP contribution in [0.1, 0.15) is 29.3 Å². The molecule has 0 fully saturated rings. The zero-order valence-corrected chi connectivity index (χ0v) is 11.6. The van der Waals surface area contributed by atoms with Crippen LogP contribution in [0.3, 0.4) is 0 Å². The number of oxazole rings is 1. The van der Waals surface area contributed by atoms with E-state index >= 15 is 0 Å². The molecular weight excluding hydrogens is 259 g/mol. The minimum absolute atomic E-state index is 0.137. The second-order valence-corrected chi connectivity index (χ2v) is 4.61. The zero-order valence-electron chi connectivity index (χ0n) is 11.6. The average Bonchev–Trinajstić information content (AvgIpc) is 2.74. The van der Waals surface area contributed by atoms with Crippen molar-refractivity contribution in [1.82, 2.24) is 10.3 Å². The van der Waals surface area contributed by atoms with Gasteiger partial charge in [0, 0.05) is 13.3 Å². The lowest BCUT2D eigenvalue weighted by atomic mass is 10.1. The Bertz CT molecular complexity index is 608. The summed E-state index contributed by atoms with van der Waals surface area (Å²) in [5.41, 5.74) is 1.33. The molecule has 0 aliphatic carbocycles. The predicted octanol–water partition coefficient (Wildman–Crippen LogP) is 2.68. The van der Waals surface area contributed by atoms with Gasteiger partial charge in [0.2, 0.25) is 5.91 Å². The summed E-state index contributed by atoms with van der Waals surface area (Å²) in [6.07, 6.45) is 0.625. The van der Waals surface area contributed by atoms with Crippen molar-refractivity contribution in [3.8, 4) is 0 Å². The van der Waals surface area contributed by atoms with E-state index in [9.17, 15) is 9.18 Å². The van der Waals surface area contributed by atoms with Gasteiger partial charge in [-0.05, 0) is 25.0 Å². The van der Waals surface area contributed by atoms with Crippen LogP contribution in [-0.2, 0) is 17.8 Å². The van der Waals surface area contributed by atoms with Gasteiger partial charge in [-0.25, -0.2) is 9.37 Å². The molecule has 1 N–H and O–H groups in total. The Morgan fingerprint density at radius 1 is 1.35 bits per heavy atom. The first-order chi connectivity index (χ1) is 9.56. The van der Waals surface area contributed by atoms with E-state index in [1.54, 1.807) is 25.1 Å². The van der Waals surface area contributed by atoms with Gasteiger partial charge in [-0.3, -0.25) is 4.79 Å². The molecule has 5 heteroatoms. The molecule has 1 aromatic carbocycles. The Morgan fingerprint density at radius 3 is 2.75 bits per heavy atom. The Hall–Kier alpha value is -2.17. The Labute approximate surface area is 117 Å². The van der Waals surface area contributed by atoms with Crippen molar-refractivity contribution in [3.63, 3.8) is 0 Å². The summed E-state index contributed by atoms with van der Waals surface area (Å²) in [5.74, 6) is 0.823. The fourth-order valence-electron chi connectivity index (χ4n) is 1.95. The van der Waals surface area contributed by atoms with Gasteiger partial charge in [0.05, 0.1) is 12.2 Å². The molecule has 1 aromatic heterocycles. The number of amides is 1. The second-order valence-electron chi connectivity index (χ2n) is 4.61. The number of nitrogens with one attached hydrogen (secondary N) is 1. The van der Waals surface area contributed by atoms with E-state index in [4.69, 9.17) is 4.42 Å². The molecule has 0 atom stereocenters. The van der Waals surface area contributed by atoms with E-state index in [0.717, 1.165) is 5.69 Å². The number of carbonyl (C=O) groups excluding carboxylic acids is 1. The highest BCUT2D eigenvalue weighted by Crippen LogP contribution is 2.10. The second kappa shape index (κ2) is 6.32. The lowest BCUT2D eigenvalue weighted by Gasteiger charge is -2.04. The van der Waals surface area contributed by atoms with Crippen molar-refractivity contribution >= 4 is 5.91 Å². The first-order valence-corrected chi connectivity index (χ1v) is 6.49. The van der Waals surface area contributed by atoms with Crippen molar-refractivity contribution in [1.29, 1.82) is 0 Å². The van der Waals surface area contributed by atoms with Gasteiger partial charge in [-0.1, -0.05) is 18.2 Å². The van der Waals surface area contributed by atoms with Crippen molar-refractivity contribution in [2.24, 2.45) is 0 Å². The summed E-state index contributed by atoms with van der Waals surface area (Å²) in [7, 11) is 0. The van der Waals surface area contributed by atoms with Crippen LogP contribution in [-0.4, -0.2) is 10.9 Å². The highest BCUT2D eigenvalue weighted by atomic mass is 19.1. The maximum atomic E-state index is 13.4. The molecular formula is C15H17FN2O2. The molecule has 0 radical (unpaired) electrons. The maximum Gasteiger partial charge on any atom is 0.220 e. The quantitative estimate of drug-likeness (QED) is 0.913. The highest BCUT2D eigenvalue weighted by molar-refractivity contribution is 5.76. The molecule has 2 aromatic rings. The smallest absolute Gasteiger partial charge is 0.220 e. The largest absolute Gasteiger partial charge is 0.444 e. The number of halogens is 1. The van der Waals surface area contributed by atoms with Crippen molar-refractivity contribution < 1.29 is 13.6 Å². The molecule has 0 saturated carbocycles. The molecule has 2 rings (SSSR count). The van der Waals surface area contributed by atoms with Crippen molar-refractivity contribution in [3.05, 3.63) is 53.0 Å². The maximum absolute atomic E-state index is 13.4. The fraction of sp³-hybridized carbons (Fsp3) is 0.333. The Morgan fingerprint density at radius 2 is 2.10 bits per heavy atom. The molecule has 0 spiro atoms. The molecule has 1 heterocycles. The molecule has 0 bridgehead atoms. The lowest BCUT2D eigenvalue weighted by molar-refractivity contribution is -0.121. The first kappa shape index (κ1) is 14.2. The Balaban J connectivity index is 1.82. The number of carbonyl (C=O) groups is 1. The van der Waals surface area contributed by atoms with Crippen LogP contribution in [0.2, 0.25) is 0 Å². The van der Waals surface area contributed by atoms with Gasteiger partial charge in [0.15, 0.2) is 5.89 Å². The third-order valence-electron chi connectivity index (χ3n) is 3.02. The van der Waals surface area contributed by atoms with E-state index in [-0.39, 0.29) is 18.1 Å². The molecule has 4 nitrogen and oxygen atoms in total. The monoisotopic (exact) mass is 276 g/mol. The minimum Gasteiger partial charge on any atom is -0.444 e. The number of benzene rings is 1. The van der Waals surface area contributed by atoms with E-state index in [1.165, 1.54) is 6.07 Å². The number of rotatable bonds is 5. The van der Waals surface area contributed by atoms with Crippen LogP contribution in [0.5, 0.6) is 0 Å². The summed E-state index contributed by atoms with van der Waals surface area (Å²) in [6, 6.07) is 6.48. The van der Waals surface area contributed by atoms with Crippen LogP contribution < -0.4 is 5.32 Å². The third-order valence-corrected chi connectivity index (χ3v) is 3.02. The van der Waals surface area contributed by atoms with Gasteiger partial charge >= 0.3 is 0 Å². The lowest BCUT2D eigenvalue weighted by Crippen LogP contribution is -2.23. The standard InChI is InChI=1S/C15H17FN2O2/c1-10-14(20-11(2)18-10)9-17-15(19)8-7-12-5-3-4-6-13(12)16/h3-6H,7-9H2,1-2H3,(H,17,19). The van der Waals surface area contributed by atoms with E-state index < -0.39 is 0 Å². The summed E-state index contributed by atoms with van der Waals surface area (Å²) < 4.78 is 18.8. The van der Waals surface area contributed by atoms with Gasteiger partial charge in [0.25, 0.3) is 0 Å². The van der Waals surface area contributed by atoms with Gasteiger partial charge in [-0.2, -0.15) is 0 Å². The molecule has 0 saturated heterocycles. The third kappa shape index (κ3) is 3.66. The first-order valence-electron chi connectivity index (χ1n) is 6.49. The number of hydrogen-bond donors (Lipinski definition) is 1. The fourth-order valence-corrected chi connectivity index (χ4v) is 1.95. The van der Waals surface area contributed by atoms with Crippen LogP contribution in [0.15, 0.2) is 28.7 Å². The normalized spacial score (nSPS) is 10.6. The summed E-state index contributed by atoms with van der Waals surface area (Å²) in [5, 5.41) is 2.75. The molecule has 0 aliphatic heterocycles. The van der Waals surface area contributed by atoms with Crippen molar-refractivity contribution in [2.75, 3.05) is 0 Å². The molecule has 20 heavy (non-hydrogen) atoms. The van der Waals surface area contributed by atoms with Gasteiger partial charge in [-0.15, -0.1) is 0 Å². The molecule has 0 unspecified atom stereocenters. The topological polar surface area (TPSA) is 55.1 Å². The zero-order chi connectivity index (χ0) is 14.5. The van der Waals surface area contributed by atoms with Crippen LogP contribution in [0.4, 0.5) is 4.39 Å². The Kier molecular flexibility index (Phi) is 4.50. The van der Waals surface area contributed by atoms with Crippen LogP contribution >= 0.6 is 0 Å². The van der Waals surface area contributed by atoms with E-state index in [0.29, 0.717) is 30.2 Å². The molecule has 1 amide bonds. The van der Waals surface area contributed by atoms with Gasteiger partial charge < -0.3 is 9.73 Å². The summed E-state index contributed by atoms with van der Waals surface area (Å²) in [6.45, 7) is 3.90. The summed E-state index contributed by atoms with van der Waals surface area (Å²) in [4.78, 5) is 15.9. The van der Waals surface area contributed by atoms with Crippen molar-refractivity contribution in [2.45, 2.75) is 33.2 Å². The van der Waals surface area contributed by atoms with Crippen LogP contribution in [0, 0.1) is 19.7 Å². The number of aromatic nitrogens is 1. The molecule has 0 aliphatic rings. The SMILES string of the molecule is Cc1nc(C)c(CNC(=O)CCc2ccccc2F)o1. The van der Waals surface area contributed by atoms with Crippen LogP contribution in [0.25, 0.3) is 0 Å². The number of hydrogen-bond acceptors (Lipinski definition) is 3. The van der Waals surface area contributed by atoms with Gasteiger partial charge in [0.1, 0.15) is 11.6 Å². The average molecular weight is 276 g/mol. The van der Waals surface area contributed by atoms with E-state index in [1.807, 2.05) is 6.92 Å². The number of nitrogens with zero attached hydrogens (tertiary/aromatic N) is 1. The number of aryl methyl sites for hydroxylation is 3. The van der Waals surface area contributed by atoms with E-state index in [2.05, 4.69) is 10.3 Å². The molecule has 106 valence electrons.